The van der Waals surface area contributed by atoms with Crippen molar-refractivity contribution in [3.63, 3.8) is 0 Å². The molecule has 2 aromatic heterocycles. The van der Waals surface area contributed by atoms with E-state index in [2.05, 4.69) is 10.3 Å². The van der Waals surface area contributed by atoms with E-state index in [1.165, 1.54) is 11.5 Å². The number of carbonyl (C=O) groups is 1. The molecule has 94 valence electrons. The Bertz CT molecular complexity index is 649. The number of methoxy groups -OCH3 is 1. The molecule has 0 saturated heterocycles. The molecule has 0 saturated carbocycles. The number of anilines is 1. The first-order valence-corrected chi connectivity index (χ1v) is 5.40. The Morgan fingerprint density at radius 2 is 2.28 bits per heavy atom. The van der Waals surface area contributed by atoms with Crippen molar-refractivity contribution in [2.75, 3.05) is 19.0 Å². The Morgan fingerprint density at radius 1 is 1.50 bits per heavy atom. The van der Waals surface area contributed by atoms with Gasteiger partial charge in [0.25, 0.3) is 11.5 Å². The van der Waals surface area contributed by atoms with Crippen molar-refractivity contribution in [1.29, 1.82) is 0 Å². The summed E-state index contributed by atoms with van der Waals surface area (Å²) in [6.07, 6.45) is 1.61. The SMILES string of the molecule is COCC(=O)Nc1c(C)nc2ccccn2c1=O. The van der Waals surface area contributed by atoms with Gasteiger partial charge in [0.15, 0.2) is 0 Å². The summed E-state index contributed by atoms with van der Waals surface area (Å²) in [7, 11) is 1.41. The van der Waals surface area contributed by atoms with Crippen molar-refractivity contribution < 1.29 is 9.53 Å². The number of nitrogens with one attached hydrogen (secondary N) is 1. The zero-order valence-corrected chi connectivity index (χ0v) is 10.1. The van der Waals surface area contributed by atoms with Crippen LogP contribution in [0.5, 0.6) is 0 Å². The van der Waals surface area contributed by atoms with Crippen molar-refractivity contribution in [3.05, 3.63) is 40.4 Å². The van der Waals surface area contributed by atoms with Crippen LogP contribution in [0.3, 0.4) is 0 Å². The smallest absolute Gasteiger partial charge is 0.281 e. The van der Waals surface area contributed by atoms with Crippen molar-refractivity contribution >= 4 is 17.2 Å². The number of nitrogens with zero attached hydrogens (tertiary/aromatic N) is 2. The maximum Gasteiger partial charge on any atom is 0.281 e. The van der Waals surface area contributed by atoms with Crippen LogP contribution in [0.1, 0.15) is 5.69 Å². The number of amides is 1. The molecule has 0 aliphatic heterocycles. The van der Waals surface area contributed by atoms with Gasteiger partial charge >= 0.3 is 0 Å². The van der Waals surface area contributed by atoms with Crippen LogP contribution in [0.25, 0.3) is 5.65 Å². The molecule has 0 atom stereocenters. The molecule has 0 radical (unpaired) electrons. The van der Waals surface area contributed by atoms with Crippen LogP contribution >= 0.6 is 0 Å². The van der Waals surface area contributed by atoms with E-state index >= 15 is 0 Å². The van der Waals surface area contributed by atoms with Gasteiger partial charge in [-0.25, -0.2) is 4.98 Å². The number of pyridine rings is 1. The summed E-state index contributed by atoms with van der Waals surface area (Å²) < 4.78 is 6.09. The molecular weight excluding hydrogens is 234 g/mol. The van der Waals surface area contributed by atoms with Gasteiger partial charge in [0.2, 0.25) is 0 Å². The van der Waals surface area contributed by atoms with Crippen LogP contribution in [0.15, 0.2) is 29.2 Å². The lowest BCUT2D eigenvalue weighted by molar-refractivity contribution is -0.119. The molecule has 18 heavy (non-hydrogen) atoms. The van der Waals surface area contributed by atoms with Gasteiger partial charge in [-0.2, -0.15) is 0 Å². The van der Waals surface area contributed by atoms with Crippen molar-refractivity contribution in [1.82, 2.24) is 9.38 Å². The number of ether oxygens (including phenoxy) is 1. The van der Waals surface area contributed by atoms with E-state index in [0.29, 0.717) is 11.3 Å². The number of aromatic nitrogens is 2. The Hall–Kier alpha value is -2.21. The fourth-order valence-electron chi connectivity index (χ4n) is 1.65. The van der Waals surface area contributed by atoms with Gasteiger partial charge in [-0.05, 0) is 19.1 Å². The lowest BCUT2D eigenvalue weighted by Gasteiger charge is -2.08. The second kappa shape index (κ2) is 4.97. The second-order valence-electron chi connectivity index (χ2n) is 3.79. The summed E-state index contributed by atoms with van der Waals surface area (Å²) in [5, 5.41) is 2.51. The number of rotatable bonds is 3. The summed E-state index contributed by atoms with van der Waals surface area (Å²) >= 11 is 0. The van der Waals surface area contributed by atoms with E-state index < -0.39 is 0 Å². The number of hydrogen-bond acceptors (Lipinski definition) is 4. The largest absolute Gasteiger partial charge is 0.375 e. The monoisotopic (exact) mass is 247 g/mol. The second-order valence-corrected chi connectivity index (χ2v) is 3.79. The number of aryl methyl sites for hydroxylation is 1. The van der Waals surface area contributed by atoms with Crippen LogP contribution in [0, 0.1) is 6.92 Å². The summed E-state index contributed by atoms with van der Waals surface area (Å²) in [6.45, 7) is 1.58. The molecule has 6 nitrogen and oxygen atoms in total. The molecular formula is C12H13N3O3. The topological polar surface area (TPSA) is 72.7 Å². The molecule has 0 unspecified atom stereocenters. The summed E-state index contributed by atoms with van der Waals surface area (Å²) in [5.74, 6) is -0.379. The molecule has 1 amide bonds. The maximum absolute atomic E-state index is 12.2. The highest BCUT2D eigenvalue weighted by Gasteiger charge is 2.11. The molecule has 0 aliphatic carbocycles. The third kappa shape index (κ3) is 2.23. The first kappa shape index (κ1) is 12.3. The number of carbonyl (C=O) groups excluding carboxylic acids is 1. The predicted octanol–water partition coefficient (Wildman–Crippen LogP) is 0.588. The van der Waals surface area contributed by atoms with E-state index in [1.807, 2.05) is 0 Å². The lowest BCUT2D eigenvalue weighted by Crippen LogP contribution is -2.26. The summed E-state index contributed by atoms with van der Waals surface area (Å²) in [5.41, 5.74) is 0.906. The zero-order chi connectivity index (χ0) is 13.1. The summed E-state index contributed by atoms with van der Waals surface area (Å²) in [4.78, 5) is 27.9. The van der Waals surface area contributed by atoms with Gasteiger partial charge in [-0.3, -0.25) is 14.0 Å². The van der Waals surface area contributed by atoms with E-state index in [9.17, 15) is 9.59 Å². The Morgan fingerprint density at radius 3 is 3.00 bits per heavy atom. The number of fused-ring (bicyclic) bond motifs is 1. The molecule has 2 rings (SSSR count). The highest BCUT2D eigenvalue weighted by molar-refractivity contribution is 5.92. The first-order chi connectivity index (χ1) is 8.63. The Kier molecular flexibility index (Phi) is 3.38. The molecule has 6 heteroatoms. The Labute approximate surface area is 103 Å². The van der Waals surface area contributed by atoms with Crippen LogP contribution < -0.4 is 10.9 Å². The molecule has 2 aromatic rings. The van der Waals surface area contributed by atoms with Crippen LogP contribution in [-0.2, 0) is 9.53 Å². The minimum atomic E-state index is -0.379. The predicted molar refractivity (Wildman–Crippen MR) is 66.7 cm³/mol. The molecule has 0 spiro atoms. The van der Waals surface area contributed by atoms with E-state index in [4.69, 9.17) is 4.74 Å². The molecule has 0 bridgehead atoms. The van der Waals surface area contributed by atoms with Crippen LogP contribution in [0.4, 0.5) is 5.69 Å². The van der Waals surface area contributed by atoms with Crippen LogP contribution in [-0.4, -0.2) is 29.0 Å². The average molecular weight is 247 g/mol. The molecule has 2 heterocycles. The van der Waals surface area contributed by atoms with E-state index in [0.717, 1.165) is 0 Å². The van der Waals surface area contributed by atoms with Gasteiger partial charge in [-0.1, -0.05) is 6.07 Å². The quantitative estimate of drug-likeness (QED) is 0.861. The highest BCUT2D eigenvalue weighted by atomic mass is 16.5. The van der Waals surface area contributed by atoms with Gasteiger partial charge in [0.05, 0.1) is 5.69 Å². The van der Waals surface area contributed by atoms with Crippen molar-refractivity contribution in [3.8, 4) is 0 Å². The molecule has 0 aliphatic rings. The third-order valence-electron chi connectivity index (χ3n) is 2.45. The Balaban J connectivity index is 2.51. The molecule has 0 fully saturated rings. The van der Waals surface area contributed by atoms with Crippen molar-refractivity contribution in [2.24, 2.45) is 0 Å². The maximum atomic E-state index is 12.2. The molecule has 1 N–H and O–H groups in total. The zero-order valence-electron chi connectivity index (χ0n) is 10.1. The highest BCUT2D eigenvalue weighted by Crippen LogP contribution is 2.08. The third-order valence-corrected chi connectivity index (χ3v) is 2.45. The fraction of sp³-hybridized carbons (Fsp3) is 0.250. The minimum absolute atomic E-state index is 0.101. The van der Waals surface area contributed by atoms with Gasteiger partial charge < -0.3 is 10.1 Å². The molecule has 0 aromatic carbocycles. The summed E-state index contributed by atoms with van der Waals surface area (Å²) in [6, 6.07) is 5.26. The standard InChI is InChI=1S/C12H13N3O3/c1-8-11(14-10(16)7-18-2)12(17)15-6-4-3-5-9(15)13-8/h3-6H,7H2,1-2H3,(H,14,16). The van der Waals surface area contributed by atoms with E-state index in [-0.39, 0.29) is 23.8 Å². The minimum Gasteiger partial charge on any atom is -0.375 e. The number of hydrogen-bond donors (Lipinski definition) is 1. The van der Waals surface area contributed by atoms with Crippen molar-refractivity contribution in [2.45, 2.75) is 6.92 Å². The average Bonchev–Trinajstić information content (AvgIpc) is 2.35. The van der Waals surface area contributed by atoms with Crippen LogP contribution in [0.2, 0.25) is 0 Å². The van der Waals surface area contributed by atoms with Gasteiger partial charge in [0, 0.05) is 13.3 Å². The first-order valence-electron chi connectivity index (χ1n) is 5.40. The fourth-order valence-corrected chi connectivity index (χ4v) is 1.65. The van der Waals surface area contributed by atoms with E-state index in [1.54, 1.807) is 31.3 Å². The lowest BCUT2D eigenvalue weighted by atomic mass is 10.3. The van der Waals surface area contributed by atoms with Gasteiger partial charge in [0.1, 0.15) is 17.9 Å². The normalized spacial score (nSPS) is 10.6. The van der Waals surface area contributed by atoms with Gasteiger partial charge in [-0.15, -0.1) is 0 Å².